The number of piperazine rings is 1. The van der Waals surface area contributed by atoms with Gasteiger partial charge in [0.1, 0.15) is 5.82 Å². The lowest BCUT2D eigenvalue weighted by Gasteiger charge is -2.42. The first kappa shape index (κ1) is 15.7. The van der Waals surface area contributed by atoms with Gasteiger partial charge >= 0.3 is 6.09 Å². The molecule has 0 aromatic carbocycles. The van der Waals surface area contributed by atoms with Crippen molar-refractivity contribution in [2.24, 2.45) is 0 Å². The molecule has 0 radical (unpaired) electrons. The monoisotopic (exact) mass is 319 g/mol. The van der Waals surface area contributed by atoms with E-state index >= 15 is 0 Å². The summed E-state index contributed by atoms with van der Waals surface area (Å²) in [6.45, 7) is 4.78. The van der Waals surface area contributed by atoms with Crippen LogP contribution in [0.4, 0.5) is 10.6 Å². The first-order valence-electron chi connectivity index (χ1n) is 7.74. The Kier molecular flexibility index (Phi) is 3.97. The summed E-state index contributed by atoms with van der Waals surface area (Å²) in [7, 11) is 1.59. The second-order valence-electron chi connectivity index (χ2n) is 6.24. The minimum atomic E-state index is -0.886. The van der Waals surface area contributed by atoms with E-state index in [1.807, 2.05) is 19.9 Å². The van der Waals surface area contributed by atoms with E-state index in [2.05, 4.69) is 4.90 Å². The highest BCUT2D eigenvalue weighted by Crippen LogP contribution is 2.37. The molecule has 3 rings (SSSR count). The molecule has 1 N–H and O–H groups in total. The Labute approximate surface area is 134 Å². The van der Waals surface area contributed by atoms with Crippen LogP contribution in [0.1, 0.15) is 41.6 Å². The normalized spacial score (nSPS) is 24.1. The van der Waals surface area contributed by atoms with Crippen molar-refractivity contribution in [2.75, 3.05) is 25.1 Å². The van der Waals surface area contributed by atoms with Gasteiger partial charge in [-0.3, -0.25) is 4.79 Å². The molecular weight excluding hydrogens is 298 g/mol. The summed E-state index contributed by atoms with van der Waals surface area (Å²) in [5, 5.41) is 9.25. The zero-order valence-electron chi connectivity index (χ0n) is 13.5. The maximum atomic E-state index is 11.4. The molecule has 0 saturated carbocycles. The SMILES string of the molecule is CO[C@@H](C)c1nc2c(cc1C=O)C[C@@H]1CN(C(=O)O)C[C@@H](C)N21. The number of methoxy groups -OCH3 is 1. The Morgan fingerprint density at radius 3 is 2.87 bits per heavy atom. The highest BCUT2D eigenvalue weighted by molar-refractivity contribution is 5.79. The Hall–Kier alpha value is -2.15. The van der Waals surface area contributed by atoms with Gasteiger partial charge in [0, 0.05) is 31.8 Å². The van der Waals surface area contributed by atoms with E-state index in [4.69, 9.17) is 9.72 Å². The molecule has 7 heteroatoms. The van der Waals surface area contributed by atoms with E-state index in [1.165, 1.54) is 4.90 Å². The van der Waals surface area contributed by atoms with Gasteiger partial charge in [-0.05, 0) is 31.9 Å². The fourth-order valence-electron chi connectivity index (χ4n) is 3.62. The van der Waals surface area contributed by atoms with Crippen LogP contribution in [-0.4, -0.2) is 59.7 Å². The molecule has 7 nitrogen and oxygen atoms in total. The van der Waals surface area contributed by atoms with Gasteiger partial charge in [-0.25, -0.2) is 9.78 Å². The second kappa shape index (κ2) is 5.81. The van der Waals surface area contributed by atoms with Crippen molar-refractivity contribution in [3.05, 3.63) is 22.9 Å². The van der Waals surface area contributed by atoms with Crippen molar-refractivity contribution < 1.29 is 19.4 Å². The number of anilines is 1. The fraction of sp³-hybridized carbons (Fsp3) is 0.562. The van der Waals surface area contributed by atoms with Gasteiger partial charge in [0.15, 0.2) is 6.29 Å². The van der Waals surface area contributed by atoms with Crippen LogP contribution in [0.25, 0.3) is 0 Å². The van der Waals surface area contributed by atoms with Gasteiger partial charge in [0.25, 0.3) is 0 Å². The first-order valence-corrected chi connectivity index (χ1v) is 7.74. The third-order valence-electron chi connectivity index (χ3n) is 4.76. The molecule has 1 fully saturated rings. The molecular formula is C16H21N3O4. The van der Waals surface area contributed by atoms with Crippen LogP contribution in [0.15, 0.2) is 6.07 Å². The maximum absolute atomic E-state index is 11.4. The van der Waals surface area contributed by atoms with Gasteiger partial charge in [-0.15, -0.1) is 0 Å². The molecule has 0 bridgehead atoms. The lowest BCUT2D eigenvalue weighted by Crippen LogP contribution is -2.58. The zero-order chi connectivity index (χ0) is 16.7. The number of pyridine rings is 1. The predicted molar refractivity (Wildman–Crippen MR) is 84.1 cm³/mol. The minimum Gasteiger partial charge on any atom is -0.465 e. The number of rotatable bonds is 3. The third kappa shape index (κ3) is 2.55. The molecule has 3 heterocycles. The quantitative estimate of drug-likeness (QED) is 0.854. The van der Waals surface area contributed by atoms with Crippen molar-refractivity contribution in [1.82, 2.24) is 9.88 Å². The molecule has 124 valence electrons. The van der Waals surface area contributed by atoms with Gasteiger partial charge < -0.3 is 19.6 Å². The number of carbonyl (C=O) groups excluding carboxylic acids is 1. The Bertz CT molecular complexity index is 648. The summed E-state index contributed by atoms with van der Waals surface area (Å²) < 4.78 is 5.32. The van der Waals surface area contributed by atoms with Gasteiger partial charge in [0.05, 0.1) is 17.8 Å². The molecule has 1 aromatic rings. The Balaban J connectivity index is 1.99. The van der Waals surface area contributed by atoms with Crippen LogP contribution < -0.4 is 4.90 Å². The second-order valence-corrected chi connectivity index (χ2v) is 6.24. The molecule has 0 unspecified atom stereocenters. The van der Waals surface area contributed by atoms with Gasteiger partial charge in [-0.2, -0.15) is 0 Å². The lowest BCUT2D eigenvalue weighted by molar-refractivity contribution is 0.107. The van der Waals surface area contributed by atoms with Crippen molar-refractivity contribution in [1.29, 1.82) is 0 Å². The van der Waals surface area contributed by atoms with Gasteiger partial charge in [0.2, 0.25) is 0 Å². The Morgan fingerprint density at radius 2 is 2.26 bits per heavy atom. The molecule has 3 atom stereocenters. The van der Waals surface area contributed by atoms with E-state index in [1.54, 1.807) is 7.11 Å². The summed E-state index contributed by atoms with van der Waals surface area (Å²) >= 11 is 0. The highest BCUT2D eigenvalue weighted by atomic mass is 16.5. The van der Waals surface area contributed by atoms with Gasteiger partial charge in [-0.1, -0.05) is 0 Å². The number of fused-ring (bicyclic) bond motifs is 3. The number of carbonyl (C=O) groups is 2. The number of ether oxygens (including phenoxy) is 1. The van der Waals surface area contributed by atoms with E-state index in [0.29, 0.717) is 30.8 Å². The van der Waals surface area contributed by atoms with Crippen LogP contribution in [-0.2, 0) is 11.2 Å². The topological polar surface area (TPSA) is 83.0 Å². The van der Waals surface area contributed by atoms with Crippen LogP contribution in [0.2, 0.25) is 0 Å². The first-order chi connectivity index (χ1) is 11.0. The van der Waals surface area contributed by atoms with E-state index < -0.39 is 6.09 Å². The van der Waals surface area contributed by atoms with Crippen molar-refractivity contribution in [3.63, 3.8) is 0 Å². The minimum absolute atomic E-state index is 0.0476. The molecule has 1 aromatic heterocycles. The van der Waals surface area contributed by atoms with Crippen molar-refractivity contribution in [3.8, 4) is 0 Å². The maximum Gasteiger partial charge on any atom is 0.407 e. The number of carboxylic acid groups (broad SMARTS) is 1. The zero-order valence-corrected chi connectivity index (χ0v) is 13.5. The van der Waals surface area contributed by atoms with Crippen LogP contribution in [0.5, 0.6) is 0 Å². The molecule has 0 aliphatic carbocycles. The van der Waals surface area contributed by atoms with Crippen molar-refractivity contribution >= 4 is 18.2 Å². The summed E-state index contributed by atoms with van der Waals surface area (Å²) in [6, 6.07) is 1.99. The lowest BCUT2D eigenvalue weighted by atomic mass is 10.0. The number of amides is 1. The summed E-state index contributed by atoms with van der Waals surface area (Å²) in [5.74, 6) is 0.858. The average Bonchev–Trinajstić information content (AvgIpc) is 2.90. The third-order valence-corrected chi connectivity index (χ3v) is 4.76. The Morgan fingerprint density at radius 1 is 1.52 bits per heavy atom. The molecule has 0 spiro atoms. The van der Waals surface area contributed by atoms with Crippen LogP contribution in [0, 0.1) is 0 Å². The smallest absolute Gasteiger partial charge is 0.407 e. The summed E-state index contributed by atoms with van der Waals surface area (Å²) in [4.78, 5) is 31.0. The number of aldehydes is 1. The largest absolute Gasteiger partial charge is 0.465 e. The summed E-state index contributed by atoms with van der Waals surface area (Å²) in [6.07, 6.45) is 0.360. The van der Waals surface area contributed by atoms with Crippen molar-refractivity contribution in [2.45, 2.75) is 38.5 Å². The summed E-state index contributed by atoms with van der Waals surface area (Å²) in [5.41, 5.74) is 2.18. The number of nitrogens with zero attached hydrogens (tertiary/aromatic N) is 3. The van der Waals surface area contributed by atoms with Crippen LogP contribution >= 0.6 is 0 Å². The average molecular weight is 319 g/mol. The standard InChI is InChI=1S/C16H21N3O4/c1-9-6-18(16(21)22)7-13-5-11-4-12(8-20)14(10(2)23-3)17-15(11)19(9)13/h4,8-10,13H,5-7H2,1-3H3,(H,21,22)/t9-,10+,13-/m1/s1. The highest BCUT2D eigenvalue weighted by Gasteiger charge is 2.41. The van der Waals surface area contributed by atoms with E-state index in [9.17, 15) is 14.7 Å². The number of hydrogen-bond acceptors (Lipinski definition) is 5. The van der Waals surface area contributed by atoms with Crippen LogP contribution in [0.3, 0.4) is 0 Å². The molecule has 2 aliphatic rings. The fourth-order valence-corrected chi connectivity index (χ4v) is 3.62. The molecule has 23 heavy (non-hydrogen) atoms. The van der Waals surface area contributed by atoms with E-state index in [-0.39, 0.29) is 18.2 Å². The predicted octanol–water partition coefficient (Wildman–Crippen LogP) is 1.71. The molecule has 1 amide bonds. The number of hydrogen-bond donors (Lipinski definition) is 1. The van der Waals surface area contributed by atoms with E-state index in [0.717, 1.165) is 17.7 Å². The molecule has 1 saturated heterocycles. The number of aromatic nitrogens is 1. The molecule has 2 aliphatic heterocycles.